The summed E-state index contributed by atoms with van der Waals surface area (Å²) in [5, 5.41) is 2.10. The molecule has 1 nitrogen and oxygen atoms in total. The average Bonchev–Trinajstić information content (AvgIpc) is 3.45. The van der Waals surface area contributed by atoms with Crippen molar-refractivity contribution in [2.24, 2.45) is 10.9 Å². The Morgan fingerprint density at radius 2 is 1.81 bits per heavy atom. The van der Waals surface area contributed by atoms with E-state index in [1.807, 2.05) is 12.1 Å². The van der Waals surface area contributed by atoms with E-state index in [4.69, 9.17) is 0 Å². The summed E-state index contributed by atoms with van der Waals surface area (Å²) >= 11 is 4.45. The minimum atomic E-state index is -0.753. The number of hydrogen-bond acceptors (Lipinski definition) is 2. The first-order chi connectivity index (χ1) is 13.1. The molecule has 2 aromatic rings. The second kappa shape index (κ2) is 7.56. The number of isothiocyanates is 1. The van der Waals surface area contributed by atoms with Gasteiger partial charge in [0.05, 0.1) is 16.4 Å². The number of aliphatic imine (C=N–C) groups is 1. The molecule has 0 bridgehead atoms. The monoisotopic (exact) mass is 377 g/mol. The predicted octanol–water partition coefficient (Wildman–Crippen LogP) is 6.23. The largest absolute Gasteiger partial charge is 0.205 e. The number of hydrogen-bond donors (Lipinski definition) is 0. The first-order valence-electron chi connectivity index (χ1n) is 9.03. The van der Waals surface area contributed by atoms with E-state index in [9.17, 15) is 8.78 Å². The highest BCUT2D eigenvalue weighted by molar-refractivity contribution is 7.78. The van der Waals surface area contributed by atoms with Crippen LogP contribution in [0.25, 0.3) is 6.08 Å². The molecular formula is C23H17F2NS. The molecular weight excluding hydrogens is 360 g/mol. The van der Waals surface area contributed by atoms with Crippen molar-refractivity contribution in [1.82, 2.24) is 0 Å². The van der Waals surface area contributed by atoms with Gasteiger partial charge in [-0.05, 0) is 73.5 Å². The predicted molar refractivity (Wildman–Crippen MR) is 107 cm³/mol. The molecule has 27 heavy (non-hydrogen) atoms. The fourth-order valence-electron chi connectivity index (χ4n) is 3.41. The molecule has 1 fully saturated rings. The fourth-order valence-corrected chi connectivity index (χ4v) is 3.52. The molecule has 0 aliphatic heterocycles. The van der Waals surface area contributed by atoms with Gasteiger partial charge in [0.2, 0.25) is 0 Å². The summed E-state index contributed by atoms with van der Waals surface area (Å²) in [4.78, 5) is 3.59. The van der Waals surface area contributed by atoms with Crippen LogP contribution in [0.5, 0.6) is 0 Å². The zero-order valence-corrected chi connectivity index (χ0v) is 15.5. The minimum absolute atomic E-state index is 0.0909. The normalized spacial score (nSPS) is 15.1. The number of benzene rings is 2. The standard InChI is InChI=1S/C23H17F2NS/c24-22-12-20(26-14-27)13-23(25)21(22)8-5-16-3-6-19-11-17(9-15-1-2-15)4-7-18(19)10-16/h3,6,10-13,15H,1-2,4,7,9H2. The van der Waals surface area contributed by atoms with Crippen LogP contribution in [-0.2, 0) is 6.42 Å². The minimum Gasteiger partial charge on any atom is -0.205 e. The molecule has 0 heterocycles. The molecule has 0 unspecified atom stereocenters. The van der Waals surface area contributed by atoms with Gasteiger partial charge in [0, 0.05) is 17.7 Å². The summed E-state index contributed by atoms with van der Waals surface area (Å²) in [6, 6.07) is 8.18. The second-order valence-electron chi connectivity index (χ2n) is 7.10. The van der Waals surface area contributed by atoms with Crippen LogP contribution in [-0.4, -0.2) is 5.16 Å². The number of fused-ring (bicyclic) bond motifs is 1. The summed E-state index contributed by atoms with van der Waals surface area (Å²) in [6.07, 6.45) is 8.34. The molecule has 0 amide bonds. The van der Waals surface area contributed by atoms with Gasteiger partial charge in [-0.15, -0.1) is 0 Å². The highest BCUT2D eigenvalue weighted by Crippen LogP contribution is 2.38. The van der Waals surface area contributed by atoms with Crippen LogP contribution in [0.4, 0.5) is 14.5 Å². The van der Waals surface area contributed by atoms with Crippen molar-refractivity contribution in [3.8, 4) is 11.8 Å². The summed E-state index contributed by atoms with van der Waals surface area (Å²) in [6.45, 7) is 0. The summed E-state index contributed by atoms with van der Waals surface area (Å²) in [7, 11) is 0. The van der Waals surface area contributed by atoms with E-state index in [-0.39, 0.29) is 11.3 Å². The molecule has 0 aromatic heterocycles. The van der Waals surface area contributed by atoms with Gasteiger partial charge < -0.3 is 0 Å². The molecule has 2 aliphatic carbocycles. The maximum absolute atomic E-state index is 14.1. The SMILES string of the molecule is Fc1cc(N=C=S)cc(F)c1C#Cc1ccc2c(c1)CCC(CC1CC1)=C2. The fraction of sp³-hybridized carbons (Fsp3) is 0.261. The lowest BCUT2D eigenvalue weighted by atomic mass is 9.89. The van der Waals surface area contributed by atoms with Crippen LogP contribution in [0.3, 0.4) is 0 Å². The Morgan fingerprint density at radius 1 is 1.04 bits per heavy atom. The van der Waals surface area contributed by atoms with E-state index in [0.717, 1.165) is 36.5 Å². The number of allylic oxidation sites excluding steroid dienone is 1. The van der Waals surface area contributed by atoms with E-state index in [1.165, 1.54) is 36.0 Å². The van der Waals surface area contributed by atoms with Crippen LogP contribution in [0, 0.1) is 29.4 Å². The number of halogens is 2. The van der Waals surface area contributed by atoms with Crippen molar-refractivity contribution in [2.75, 3.05) is 0 Å². The molecule has 2 aliphatic rings. The highest BCUT2D eigenvalue weighted by atomic mass is 32.1. The van der Waals surface area contributed by atoms with E-state index in [2.05, 4.69) is 46.4 Å². The van der Waals surface area contributed by atoms with Crippen LogP contribution in [0.1, 0.15) is 47.9 Å². The van der Waals surface area contributed by atoms with Crippen molar-refractivity contribution in [1.29, 1.82) is 0 Å². The van der Waals surface area contributed by atoms with Crippen molar-refractivity contribution in [3.05, 3.63) is 69.8 Å². The Kier molecular flexibility index (Phi) is 4.99. The summed E-state index contributed by atoms with van der Waals surface area (Å²) in [5.41, 5.74) is 4.60. The average molecular weight is 377 g/mol. The van der Waals surface area contributed by atoms with E-state index < -0.39 is 11.6 Å². The van der Waals surface area contributed by atoms with Gasteiger partial charge in [0.1, 0.15) is 11.6 Å². The Labute approximate surface area is 162 Å². The molecule has 0 saturated heterocycles. The van der Waals surface area contributed by atoms with E-state index in [1.54, 1.807) is 0 Å². The second-order valence-corrected chi connectivity index (χ2v) is 7.28. The molecule has 2 aromatic carbocycles. The molecule has 134 valence electrons. The van der Waals surface area contributed by atoms with E-state index >= 15 is 0 Å². The Morgan fingerprint density at radius 3 is 2.52 bits per heavy atom. The first-order valence-corrected chi connectivity index (χ1v) is 9.44. The first kappa shape index (κ1) is 17.8. The van der Waals surface area contributed by atoms with Crippen molar-refractivity contribution in [3.63, 3.8) is 0 Å². The van der Waals surface area contributed by atoms with Crippen LogP contribution in [0.15, 0.2) is 40.9 Å². The van der Waals surface area contributed by atoms with Crippen molar-refractivity contribution >= 4 is 29.1 Å². The van der Waals surface area contributed by atoms with Crippen LogP contribution < -0.4 is 0 Å². The number of aryl methyl sites for hydroxylation is 1. The van der Waals surface area contributed by atoms with Gasteiger partial charge in [0.25, 0.3) is 0 Å². The third kappa shape index (κ3) is 4.22. The Balaban J connectivity index is 1.58. The summed E-state index contributed by atoms with van der Waals surface area (Å²) < 4.78 is 28.2. The lowest BCUT2D eigenvalue weighted by Crippen LogP contribution is -2.00. The van der Waals surface area contributed by atoms with Crippen LogP contribution in [0.2, 0.25) is 0 Å². The van der Waals surface area contributed by atoms with E-state index in [0.29, 0.717) is 0 Å². The Bertz CT molecular complexity index is 1020. The lowest BCUT2D eigenvalue weighted by molar-refractivity contribution is 0.578. The van der Waals surface area contributed by atoms with Gasteiger partial charge in [-0.2, -0.15) is 4.99 Å². The van der Waals surface area contributed by atoms with Gasteiger partial charge >= 0.3 is 0 Å². The van der Waals surface area contributed by atoms with Gasteiger partial charge in [-0.1, -0.05) is 29.6 Å². The number of rotatable bonds is 3. The smallest absolute Gasteiger partial charge is 0.143 e. The third-order valence-corrected chi connectivity index (χ3v) is 5.09. The zero-order valence-electron chi connectivity index (χ0n) is 14.7. The van der Waals surface area contributed by atoms with Gasteiger partial charge in [0.15, 0.2) is 0 Å². The van der Waals surface area contributed by atoms with Gasteiger partial charge in [-0.3, -0.25) is 0 Å². The van der Waals surface area contributed by atoms with Gasteiger partial charge in [-0.25, -0.2) is 8.78 Å². The molecule has 0 radical (unpaired) electrons. The zero-order chi connectivity index (χ0) is 18.8. The maximum Gasteiger partial charge on any atom is 0.143 e. The lowest BCUT2D eigenvalue weighted by Gasteiger charge is -2.16. The van der Waals surface area contributed by atoms with Crippen LogP contribution >= 0.6 is 12.2 Å². The number of thiocarbonyl (C=S) groups is 1. The topological polar surface area (TPSA) is 12.4 Å². The molecule has 0 spiro atoms. The maximum atomic E-state index is 14.1. The molecule has 4 rings (SSSR count). The summed E-state index contributed by atoms with van der Waals surface area (Å²) in [5.74, 6) is 4.89. The third-order valence-electron chi connectivity index (χ3n) is 5.00. The molecule has 0 atom stereocenters. The molecule has 0 N–H and O–H groups in total. The molecule has 1 saturated carbocycles. The number of nitrogens with zero attached hydrogens (tertiary/aromatic N) is 1. The molecule has 4 heteroatoms. The van der Waals surface area contributed by atoms with Crippen molar-refractivity contribution < 1.29 is 8.78 Å². The Hall–Kier alpha value is -2.60. The van der Waals surface area contributed by atoms with Crippen molar-refractivity contribution in [2.45, 2.75) is 32.1 Å². The quantitative estimate of drug-likeness (QED) is 0.351. The highest BCUT2D eigenvalue weighted by Gasteiger charge is 2.23.